The predicted molar refractivity (Wildman–Crippen MR) is 107 cm³/mol. The number of aryl methyl sites for hydroxylation is 2. The summed E-state index contributed by atoms with van der Waals surface area (Å²) in [5, 5.41) is 6.53. The molecule has 1 unspecified atom stereocenters. The lowest BCUT2D eigenvalue weighted by atomic mass is 9.85. The van der Waals surface area contributed by atoms with Crippen LogP contribution in [0, 0.1) is 6.92 Å². The highest BCUT2D eigenvalue weighted by molar-refractivity contribution is 7.15. The van der Waals surface area contributed by atoms with Gasteiger partial charge in [0, 0.05) is 22.0 Å². The maximum Gasteiger partial charge on any atom is 0.127 e. The molecule has 0 bridgehead atoms. The predicted octanol–water partition coefficient (Wildman–Crippen LogP) is 5.89. The van der Waals surface area contributed by atoms with Crippen LogP contribution in [0.2, 0.25) is 5.02 Å². The molecule has 5 heteroatoms. The third kappa shape index (κ3) is 2.56. The first-order valence-corrected chi connectivity index (χ1v) is 10.1. The van der Waals surface area contributed by atoms with Crippen LogP contribution in [0.5, 0.6) is 0 Å². The van der Waals surface area contributed by atoms with Crippen LogP contribution in [-0.2, 0) is 6.42 Å². The number of pyridine rings is 1. The van der Waals surface area contributed by atoms with Gasteiger partial charge in [-0.15, -0.1) is 11.3 Å². The van der Waals surface area contributed by atoms with Gasteiger partial charge in [-0.25, -0.2) is 9.50 Å². The first-order valence-electron chi connectivity index (χ1n) is 8.90. The van der Waals surface area contributed by atoms with E-state index < -0.39 is 0 Å². The van der Waals surface area contributed by atoms with Crippen LogP contribution >= 0.6 is 22.9 Å². The van der Waals surface area contributed by atoms with E-state index in [0.717, 1.165) is 34.1 Å². The smallest absolute Gasteiger partial charge is 0.127 e. The second-order valence-electron chi connectivity index (χ2n) is 6.81. The quantitative estimate of drug-likeness (QED) is 0.434. The monoisotopic (exact) mass is 379 g/mol. The van der Waals surface area contributed by atoms with Gasteiger partial charge in [-0.3, -0.25) is 0 Å². The number of hydrogen-bond donors (Lipinski definition) is 0. The molecule has 0 radical (unpaired) electrons. The number of benzene rings is 1. The van der Waals surface area contributed by atoms with Crippen LogP contribution in [0.1, 0.15) is 40.6 Å². The lowest BCUT2D eigenvalue weighted by Crippen LogP contribution is -2.09. The van der Waals surface area contributed by atoms with Gasteiger partial charge >= 0.3 is 0 Å². The summed E-state index contributed by atoms with van der Waals surface area (Å²) in [6, 6.07) is 14.4. The molecule has 1 atom stereocenters. The standard InChI is InChI=1S/C21H18ClN3S/c1-13-19(17-6-2-3-12-25(17)24-13)21-23-20-16(5-4-7-18(20)26-21)14-8-10-15(22)11-9-14/h2-3,6,8-12,16H,4-5,7H2,1H3. The van der Waals surface area contributed by atoms with Gasteiger partial charge in [0.15, 0.2) is 0 Å². The summed E-state index contributed by atoms with van der Waals surface area (Å²) in [6.07, 6.45) is 5.46. The average molecular weight is 380 g/mol. The third-order valence-electron chi connectivity index (χ3n) is 5.16. The molecule has 0 N–H and O–H groups in total. The highest BCUT2D eigenvalue weighted by Gasteiger charge is 2.27. The van der Waals surface area contributed by atoms with Crippen LogP contribution in [0.3, 0.4) is 0 Å². The topological polar surface area (TPSA) is 30.2 Å². The second-order valence-corrected chi connectivity index (χ2v) is 8.33. The molecule has 26 heavy (non-hydrogen) atoms. The van der Waals surface area contributed by atoms with Crippen LogP contribution in [0.15, 0.2) is 48.7 Å². The molecule has 3 aromatic heterocycles. The van der Waals surface area contributed by atoms with E-state index in [-0.39, 0.29) is 0 Å². The van der Waals surface area contributed by atoms with Gasteiger partial charge in [0.1, 0.15) is 5.01 Å². The van der Waals surface area contributed by atoms with Crippen molar-refractivity contribution in [3.05, 3.63) is 75.5 Å². The summed E-state index contributed by atoms with van der Waals surface area (Å²) in [6.45, 7) is 2.07. The van der Waals surface area contributed by atoms with Gasteiger partial charge < -0.3 is 0 Å². The van der Waals surface area contributed by atoms with E-state index >= 15 is 0 Å². The Labute approximate surface area is 161 Å². The summed E-state index contributed by atoms with van der Waals surface area (Å²) < 4.78 is 1.95. The fraction of sp³-hybridized carbons (Fsp3) is 0.238. The maximum atomic E-state index is 6.07. The van der Waals surface area contributed by atoms with E-state index in [4.69, 9.17) is 16.6 Å². The summed E-state index contributed by atoms with van der Waals surface area (Å²) >= 11 is 7.91. The van der Waals surface area contributed by atoms with Crippen LogP contribution in [0.25, 0.3) is 16.1 Å². The molecule has 0 saturated carbocycles. The molecule has 1 aliphatic rings. The third-order valence-corrected chi connectivity index (χ3v) is 6.56. The molecular formula is C21H18ClN3S. The van der Waals surface area contributed by atoms with E-state index in [1.165, 1.54) is 28.1 Å². The van der Waals surface area contributed by atoms with Crippen LogP contribution in [0.4, 0.5) is 0 Å². The highest BCUT2D eigenvalue weighted by atomic mass is 35.5. The van der Waals surface area contributed by atoms with Gasteiger partial charge in [-0.1, -0.05) is 29.8 Å². The molecule has 4 aromatic rings. The molecule has 0 aliphatic heterocycles. The largest absolute Gasteiger partial charge is 0.240 e. The van der Waals surface area contributed by atoms with Crippen molar-refractivity contribution in [3.8, 4) is 10.6 Å². The van der Waals surface area contributed by atoms with Crippen molar-refractivity contribution in [1.29, 1.82) is 0 Å². The van der Waals surface area contributed by atoms with Crippen molar-refractivity contribution in [2.24, 2.45) is 0 Å². The first kappa shape index (κ1) is 16.0. The molecule has 3 heterocycles. The zero-order valence-corrected chi connectivity index (χ0v) is 16.0. The molecule has 5 rings (SSSR count). The first-order chi connectivity index (χ1) is 12.7. The van der Waals surface area contributed by atoms with Gasteiger partial charge in [0.05, 0.1) is 22.5 Å². The number of fused-ring (bicyclic) bond motifs is 2. The normalized spacial score (nSPS) is 16.8. The van der Waals surface area contributed by atoms with Crippen molar-refractivity contribution >= 4 is 28.5 Å². The molecule has 0 amide bonds. The van der Waals surface area contributed by atoms with Crippen LogP contribution in [-0.4, -0.2) is 14.6 Å². The van der Waals surface area contributed by atoms with Gasteiger partial charge in [0.25, 0.3) is 0 Å². The Morgan fingerprint density at radius 3 is 2.85 bits per heavy atom. The SMILES string of the molecule is Cc1nn2ccccc2c1-c1nc2c(s1)CCCC2c1ccc(Cl)cc1. The van der Waals surface area contributed by atoms with Gasteiger partial charge in [-0.05, 0) is 56.0 Å². The number of thiazole rings is 1. The molecule has 130 valence electrons. The molecule has 0 saturated heterocycles. The van der Waals surface area contributed by atoms with Crippen molar-refractivity contribution in [2.45, 2.75) is 32.1 Å². The minimum Gasteiger partial charge on any atom is -0.240 e. The minimum atomic E-state index is 0.364. The molecule has 3 nitrogen and oxygen atoms in total. The van der Waals surface area contributed by atoms with E-state index in [9.17, 15) is 0 Å². The summed E-state index contributed by atoms with van der Waals surface area (Å²) in [5.41, 5.74) is 5.88. The van der Waals surface area contributed by atoms with Crippen molar-refractivity contribution in [2.75, 3.05) is 0 Å². The summed E-state index contributed by atoms with van der Waals surface area (Å²) in [7, 11) is 0. The van der Waals surface area contributed by atoms with E-state index in [0.29, 0.717) is 5.92 Å². The van der Waals surface area contributed by atoms with E-state index in [2.05, 4.69) is 36.3 Å². The number of hydrogen-bond acceptors (Lipinski definition) is 3. The molecule has 1 aliphatic carbocycles. The van der Waals surface area contributed by atoms with Crippen molar-refractivity contribution < 1.29 is 0 Å². The Kier molecular flexibility index (Phi) is 3.84. The average Bonchev–Trinajstić information content (AvgIpc) is 3.21. The highest BCUT2D eigenvalue weighted by Crippen LogP contribution is 2.42. The minimum absolute atomic E-state index is 0.364. The fourth-order valence-corrected chi connectivity index (χ4v) is 5.32. The Bertz CT molecular complexity index is 1090. The Morgan fingerprint density at radius 2 is 2.00 bits per heavy atom. The maximum absolute atomic E-state index is 6.07. The van der Waals surface area contributed by atoms with Gasteiger partial charge in [0.2, 0.25) is 0 Å². The Morgan fingerprint density at radius 1 is 1.15 bits per heavy atom. The molecule has 0 fully saturated rings. The lowest BCUT2D eigenvalue weighted by Gasteiger charge is -2.21. The molecular weight excluding hydrogens is 362 g/mol. The zero-order chi connectivity index (χ0) is 17.7. The Hall–Kier alpha value is -2.17. The van der Waals surface area contributed by atoms with E-state index in [1.807, 2.05) is 40.2 Å². The second kappa shape index (κ2) is 6.22. The van der Waals surface area contributed by atoms with Crippen molar-refractivity contribution in [3.63, 3.8) is 0 Å². The zero-order valence-electron chi connectivity index (χ0n) is 14.4. The number of aromatic nitrogens is 3. The van der Waals surface area contributed by atoms with E-state index in [1.54, 1.807) is 0 Å². The number of halogens is 1. The number of nitrogens with zero attached hydrogens (tertiary/aromatic N) is 3. The van der Waals surface area contributed by atoms with Gasteiger partial charge in [-0.2, -0.15) is 5.10 Å². The van der Waals surface area contributed by atoms with Crippen LogP contribution < -0.4 is 0 Å². The summed E-state index contributed by atoms with van der Waals surface area (Å²) in [4.78, 5) is 6.53. The number of rotatable bonds is 2. The lowest BCUT2D eigenvalue weighted by molar-refractivity contribution is 0.610. The summed E-state index contributed by atoms with van der Waals surface area (Å²) in [5.74, 6) is 0.364. The molecule has 0 spiro atoms. The fourth-order valence-electron chi connectivity index (χ4n) is 3.93. The molecule has 1 aromatic carbocycles. The Balaban J connectivity index is 1.63. The van der Waals surface area contributed by atoms with Crippen molar-refractivity contribution in [1.82, 2.24) is 14.6 Å².